The third-order valence-corrected chi connectivity index (χ3v) is 4.76. The highest BCUT2D eigenvalue weighted by Gasteiger charge is 2.35. The highest BCUT2D eigenvalue weighted by atomic mass is 16.5. The van der Waals surface area contributed by atoms with Crippen LogP contribution in [0.15, 0.2) is 30.7 Å². The van der Waals surface area contributed by atoms with Crippen LogP contribution in [0, 0.1) is 0 Å². The Labute approximate surface area is 151 Å². The topological polar surface area (TPSA) is 70.8 Å². The van der Waals surface area contributed by atoms with Crippen LogP contribution in [0.3, 0.4) is 0 Å². The van der Waals surface area contributed by atoms with E-state index in [1.807, 2.05) is 18.3 Å². The minimum absolute atomic E-state index is 0.148. The number of pyridine rings is 1. The number of methoxy groups -OCH3 is 2. The molecular formula is C19H22N4O3. The Morgan fingerprint density at radius 3 is 2.81 bits per heavy atom. The third kappa shape index (κ3) is 2.88. The number of aromatic nitrogens is 4. The minimum Gasteiger partial charge on any atom is -0.493 e. The van der Waals surface area contributed by atoms with Gasteiger partial charge in [-0.3, -0.25) is 0 Å². The van der Waals surface area contributed by atoms with Gasteiger partial charge >= 0.3 is 0 Å². The molecule has 1 fully saturated rings. The summed E-state index contributed by atoms with van der Waals surface area (Å²) in [6.45, 7) is 4.84. The molecule has 7 heteroatoms. The number of hydrogen-bond acceptors (Lipinski definition) is 6. The van der Waals surface area contributed by atoms with Gasteiger partial charge in [0.25, 0.3) is 0 Å². The summed E-state index contributed by atoms with van der Waals surface area (Å²) in [5.41, 5.74) is 3.42. The molecule has 0 spiro atoms. The van der Waals surface area contributed by atoms with E-state index in [4.69, 9.17) is 19.2 Å². The average Bonchev–Trinajstić information content (AvgIpc) is 3.22. The number of fused-ring (bicyclic) bond motifs is 1. The van der Waals surface area contributed by atoms with Crippen molar-refractivity contribution in [3.8, 4) is 22.8 Å². The molecule has 1 saturated heterocycles. The van der Waals surface area contributed by atoms with Crippen molar-refractivity contribution in [1.29, 1.82) is 0 Å². The van der Waals surface area contributed by atoms with Crippen LogP contribution in [0.2, 0.25) is 0 Å². The average molecular weight is 354 g/mol. The van der Waals surface area contributed by atoms with Crippen molar-refractivity contribution in [3.63, 3.8) is 0 Å². The Morgan fingerprint density at radius 1 is 1.27 bits per heavy atom. The first-order valence-electron chi connectivity index (χ1n) is 8.57. The van der Waals surface area contributed by atoms with Crippen LogP contribution in [0.4, 0.5) is 0 Å². The van der Waals surface area contributed by atoms with Crippen LogP contribution in [-0.2, 0) is 4.74 Å². The standard InChI is InChI=1S/C19H22N4O3/c1-19(2)8-13(11-26-19)17-15(24-3)10-23-18(22-17)14(9-21-23)12-5-6-20-16(7-12)25-4/h5-7,9-10,13H,8,11H2,1-4H3/t13-/m0/s1. The first kappa shape index (κ1) is 16.8. The van der Waals surface area contributed by atoms with E-state index in [1.165, 1.54) is 0 Å². The monoisotopic (exact) mass is 354 g/mol. The SMILES string of the molecule is COc1cc(-c2cnn3cc(OC)c([C@@H]4COC(C)(C)C4)nc23)ccn1. The molecule has 4 heterocycles. The lowest BCUT2D eigenvalue weighted by Crippen LogP contribution is -2.16. The molecule has 7 nitrogen and oxygen atoms in total. The zero-order chi connectivity index (χ0) is 18.3. The van der Waals surface area contributed by atoms with E-state index in [0.29, 0.717) is 12.5 Å². The van der Waals surface area contributed by atoms with Gasteiger partial charge in [-0.25, -0.2) is 14.5 Å². The molecule has 0 aliphatic carbocycles. The summed E-state index contributed by atoms with van der Waals surface area (Å²) in [5.74, 6) is 1.48. The first-order valence-corrected chi connectivity index (χ1v) is 8.57. The summed E-state index contributed by atoms with van der Waals surface area (Å²) < 4.78 is 18.5. The maximum Gasteiger partial charge on any atom is 0.213 e. The number of ether oxygens (including phenoxy) is 3. The number of rotatable bonds is 4. The van der Waals surface area contributed by atoms with E-state index in [1.54, 1.807) is 31.1 Å². The molecular weight excluding hydrogens is 332 g/mol. The van der Waals surface area contributed by atoms with E-state index >= 15 is 0 Å². The number of hydrogen-bond donors (Lipinski definition) is 0. The zero-order valence-electron chi connectivity index (χ0n) is 15.4. The van der Waals surface area contributed by atoms with Gasteiger partial charge in [0.05, 0.1) is 44.5 Å². The van der Waals surface area contributed by atoms with Gasteiger partial charge in [0.1, 0.15) is 0 Å². The van der Waals surface area contributed by atoms with Crippen molar-refractivity contribution in [2.75, 3.05) is 20.8 Å². The summed E-state index contributed by atoms with van der Waals surface area (Å²) in [7, 11) is 3.26. The fourth-order valence-electron chi connectivity index (χ4n) is 3.46. The van der Waals surface area contributed by atoms with Crippen molar-refractivity contribution in [2.45, 2.75) is 31.8 Å². The third-order valence-electron chi connectivity index (χ3n) is 4.76. The van der Waals surface area contributed by atoms with Crippen LogP contribution in [0.25, 0.3) is 16.8 Å². The maximum atomic E-state index is 5.90. The number of nitrogens with zero attached hydrogens (tertiary/aromatic N) is 4. The molecule has 1 aliphatic rings. The van der Waals surface area contributed by atoms with Gasteiger partial charge in [-0.05, 0) is 31.9 Å². The molecule has 3 aromatic heterocycles. The largest absolute Gasteiger partial charge is 0.493 e. The Balaban J connectivity index is 1.83. The van der Waals surface area contributed by atoms with E-state index in [2.05, 4.69) is 23.9 Å². The van der Waals surface area contributed by atoms with Crippen molar-refractivity contribution in [1.82, 2.24) is 19.6 Å². The second-order valence-corrected chi connectivity index (χ2v) is 7.08. The van der Waals surface area contributed by atoms with Gasteiger partial charge < -0.3 is 14.2 Å². The summed E-state index contributed by atoms with van der Waals surface area (Å²) in [6, 6.07) is 3.80. The second kappa shape index (κ2) is 6.25. The van der Waals surface area contributed by atoms with Gasteiger partial charge in [0.2, 0.25) is 5.88 Å². The molecule has 3 aromatic rings. The van der Waals surface area contributed by atoms with E-state index < -0.39 is 0 Å². The van der Waals surface area contributed by atoms with Crippen LogP contribution >= 0.6 is 0 Å². The molecule has 4 rings (SSSR count). The Hall–Kier alpha value is -2.67. The summed E-state index contributed by atoms with van der Waals surface area (Å²) in [5, 5.41) is 4.44. The van der Waals surface area contributed by atoms with Crippen LogP contribution in [0.5, 0.6) is 11.6 Å². The smallest absolute Gasteiger partial charge is 0.213 e. The first-order chi connectivity index (χ1) is 12.5. The Morgan fingerprint density at radius 2 is 2.12 bits per heavy atom. The predicted octanol–water partition coefficient (Wildman–Crippen LogP) is 3.09. The molecule has 0 unspecified atom stereocenters. The molecule has 0 radical (unpaired) electrons. The summed E-state index contributed by atoms with van der Waals surface area (Å²) >= 11 is 0. The zero-order valence-corrected chi connectivity index (χ0v) is 15.4. The van der Waals surface area contributed by atoms with Gasteiger partial charge in [0, 0.05) is 23.7 Å². The highest BCUT2D eigenvalue weighted by molar-refractivity contribution is 5.77. The van der Waals surface area contributed by atoms with Crippen LogP contribution in [-0.4, -0.2) is 46.0 Å². The van der Waals surface area contributed by atoms with E-state index in [0.717, 1.165) is 34.6 Å². The summed E-state index contributed by atoms with van der Waals surface area (Å²) in [4.78, 5) is 9.09. The van der Waals surface area contributed by atoms with Crippen molar-refractivity contribution in [2.24, 2.45) is 0 Å². The van der Waals surface area contributed by atoms with Crippen LogP contribution < -0.4 is 9.47 Å². The lowest BCUT2D eigenvalue weighted by atomic mass is 9.94. The van der Waals surface area contributed by atoms with E-state index in [9.17, 15) is 0 Å². The molecule has 0 N–H and O–H groups in total. The molecule has 0 amide bonds. The van der Waals surface area contributed by atoms with Crippen molar-refractivity contribution >= 4 is 5.65 Å². The fourth-order valence-corrected chi connectivity index (χ4v) is 3.46. The van der Waals surface area contributed by atoms with Crippen molar-refractivity contribution in [3.05, 3.63) is 36.4 Å². The Kier molecular flexibility index (Phi) is 4.03. The quantitative estimate of drug-likeness (QED) is 0.717. The van der Waals surface area contributed by atoms with Gasteiger partial charge in [-0.15, -0.1) is 0 Å². The molecule has 136 valence electrons. The van der Waals surface area contributed by atoms with Gasteiger partial charge in [-0.1, -0.05) is 0 Å². The van der Waals surface area contributed by atoms with Crippen molar-refractivity contribution < 1.29 is 14.2 Å². The molecule has 1 aliphatic heterocycles. The lowest BCUT2D eigenvalue weighted by molar-refractivity contribution is 0.0360. The molecule has 0 aromatic carbocycles. The summed E-state index contributed by atoms with van der Waals surface area (Å²) in [6.07, 6.45) is 6.30. The predicted molar refractivity (Wildman–Crippen MR) is 96.7 cm³/mol. The lowest BCUT2D eigenvalue weighted by Gasteiger charge is -2.16. The second-order valence-electron chi connectivity index (χ2n) is 7.08. The van der Waals surface area contributed by atoms with E-state index in [-0.39, 0.29) is 11.5 Å². The fraction of sp³-hybridized carbons (Fsp3) is 0.421. The maximum absolute atomic E-state index is 5.90. The molecule has 26 heavy (non-hydrogen) atoms. The molecule has 1 atom stereocenters. The highest BCUT2D eigenvalue weighted by Crippen LogP contribution is 2.39. The van der Waals surface area contributed by atoms with Crippen LogP contribution in [0.1, 0.15) is 31.9 Å². The normalized spacial score (nSPS) is 19.0. The minimum atomic E-state index is -0.148. The Bertz CT molecular complexity index is 951. The molecule has 0 saturated carbocycles. The van der Waals surface area contributed by atoms with Gasteiger partial charge in [0.15, 0.2) is 11.4 Å². The molecule has 0 bridgehead atoms. The van der Waals surface area contributed by atoms with Gasteiger partial charge in [-0.2, -0.15) is 5.10 Å².